The van der Waals surface area contributed by atoms with Crippen molar-refractivity contribution in [3.05, 3.63) is 58.8 Å². The van der Waals surface area contributed by atoms with E-state index in [0.717, 1.165) is 47.2 Å². The Bertz CT molecular complexity index is 1010. The van der Waals surface area contributed by atoms with Gasteiger partial charge >= 0.3 is 0 Å². The lowest BCUT2D eigenvalue weighted by Gasteiger charge is -2.13. The summed E-state index contributed by atoms with van der Waals surface area (Å²) in [6.07, 6.45) is 3.46. The van der Waals surface area contributed by atoms with Crippen LogP contribution in [0, 0.1) is 26.6 Å². The summed E-state index contributed by atoms with van der Waals surface area (Å²) in [6, 6.07) is 6.05. The number of nitrogens with one attached hydrogen (secondary N) is 1. The zero-order valence-corrected chi connectivity index (χ0v) is 16.9. The fourth-order valence-electron chi connectivity index (χ4n) is 3.71. The Morgan fingerprint density at radius 2 is 1.97 bits per heavy atom. The largest absolute Gasteiger partial charge is 0.392 e. The van der Waals surface area contributed by atoms with Crippen LogP contribution in [-0.4, -0.2) is 48.9 Å². The Labute approximate surface area is 169 Å². The average Bonchev–Trinajstić information content (AvgIpc) is 3.22. The molecule has 1 saturated heterocycles. The van der Waals surface area contributed by atoms with Gasteiger partial charge in [-0.1, -0.05) is 6.07 Å². The van der Waals surface area contributed by atoms with E-state index in [4.69, 9.17) is 0 Å². The number of anilines is 2. The van der Waals surface area contributed by atoms with Crippen LogP contribution in [0.15, 0.2) is 30.6 Å². The van der Waals surface area contributed by atoms with E-state index in [0.29, 0.717) is 19.0 Å². The van der Waals surface area contributed by atoms with Gasteiger partial charge in [0.25, 0.3) is 0 Å². The quantitative estimate of drug-likeness (QED) is 0.690. The van der Waals surface area contributed by atoms with Crippen LogP contribution in [0.4, 0.5) is 16.0 Å². The lowest BCUT2D eigenvalue weighted by atomic mass is 10.1. The van der Waals surface area contributed by atoms with Gasteiger partial charge in [0.15, 0.2) is 11.6 Å². The summed E-state index contributed by atoms with van der Waals surface area (Å²) in [5.41, 5.74) is 4.89. The molecule has 3 aromatic rings. The van der Waals surface area contributed by atoms with Gasteiger partial charge in [-0.3, -0.25) is 4.90 Å². The topological polar surface area (TPSA) is 79.1 Å². The molecule has 4 rings (SSSR count). The van der Waals surface area contributed by atoms with Crippen LogP contribution < -0.4 is 5.32 Å². The Hall–Kier alpha value is -2.84. The highest BCUT2D eigenvalue weighted by molar-refractivity contribution is 5.56. The Morgan fingerprint density at radius 3 is 2.66 bits per heavy atom. The number of aromatic nitrogens is 4. The maximum absolute atomic E-state index is 14.5. The van der Waals surface area contributed by atoms with E-state index >= 15 is 0 Å². The zero-order chi connectivity index (χ0) is 20.5. The SMILES string of the molecule is Cc1cc(C)cc(Nc2ncc(F)c(-n3cc(CN4CCC(O)C4)c(C)n3)n2)c1. The van der Waals surface area contributed by atoms with Crippen molar-refractivity contribution in [1.29, 1.82) is 0 Å². The van der Waals surface area contributed by atoms with Crippen molar-refractivity contribution in [3.63, 3.8) is 0 Å². The first-order valence-corrected chi connectivity index (χ1v) is 9.71. The van der Waals surface area contributed by atoms with Gasteiger partial charge < -0.3 is 10.4 Å². The highest BCUT2D eigenvalue weighted by atomic mass is 19.1. The summed E-state index contributed by atoms with van der Waals surface area (Å²) in [5.74, 6) is -0.131. The number of benzene rings is 1. The molecule has 0 saturated carbocycles. The van der Waals surface area contributed by atoms with Gasteiger partial charge in [-0.05, 0) is 50.5 Å². The average molecular weight is 396 g/mol. The highest BCUT2D eigenvalue weighted by Crippen LogP contribution is 2.21. The Balaban J connectivity index is 1.58. The third kappa shape index (κ3) is 4.44. The van der Waals surface area contributed by atoms with Crippen LogP contribution >= 0.6 is 0 Å². The minimum Gasteiger partial charge on any atom is -0.392 e. The van der Waals surface area contributed by atoms with E-state index in [1.165, 1.54) is 4.68 Å². The number of aliphatic hydroxyl groups is 1. The summed E-state index contributed by atoms with van der Waals surface area (Å²) in [5, 5.41) is 17.3. The number of nitrogens with zero attached hydrogens (tertiary/aromatic N) is 5. The molecular formula is C21H25FN6O. The van der Waals surface area contributed by atoms with Crippen LogP contribution in [0.1, 0.15) is 28.8 Å². The van der Waals surface area contributed by atoms with Gasteiger partial charge in [0.2, 0.25) is 5.95 Å². The Morgan fingerprint density at radius 1 is 1.21 bits per heavy atom. The van der Waals surface area contributed by atoms with Crippen LogP contribution in [0.2, 0.25) is 0 Å². The van der Waals surface area contributed by atoms with Crippen molar-refractivity contribution in [2.45, 2.75) is 39.8 Å². The van der Waals surface area contributed by atoms with Gasteiger partial charge in [-0.25, -0.2) is 14.1 Å². The monoisotopic (exact) mass is 396 g/mol. The Kier molecular flexibility index (Phi) is 5.29. The molecule has 0 radical (unpaired) electrons. The van der Waals surface area contributed by atoms with Crippen LogP contribution in [-0.2, 0) is 6.54 Å². The molecule has 8 heteroatoms. The molecule has 1 aliphatic rings. The first kappa shape index (κ1) is 19.5. The molecule has 1 aliphatic heterocycles. The number of halogens is 1. The molecule has 1 unspecified atom stereocenters. The normalized spacial score (nSPS) is 17.1. The number of rotatable bonds is 5. The van der Waals surface area contributed by atoms with Gasteiger partial charge in [0.05, 0.1) is 18.0 Å². The van der Waals surface area contributed by atoms with Crippen molar-refractivity contribution in [1.82, 2.24) is 24.6 Å². The molecule has 0 amide bonds. The molecule has 2 N–H and O–H groups in total. The molecule has 29 heavy (non-hydrogen) atoms. The molecule has 1 aromatic carbocycles. The number of aryl methyl sites for hydroxylation is 3. The van der Waals surface area contributed by atoms with E-state index < -0.39 is 5.82 Å². The lowest BCUT2D eigenvalue weighted by molar-refractivity contribution is 0.174. The minimum atomic E-state index is -0.540. The predicted octanol–water partition coefficient (Wildman–Crippen LogP) is 3.04. The fourth-order valence-corrected chi connectivity index (χ4v) is 3.71. The van der Waals surface area contributed by atoms with E-state index in [-0.39, 0.29) is 11.9 Å². The van der Waals surface area contributed by atoms with E-state index in [1.54, 1.807) is 6.20 Å². The molecule has 1 atom stereocenters. The highest BCUT2D eigenvalue weighted by Gasteiger charge is 2.22. The van der Waals surface area contributed by atoms with Crippen molar-refractivity contribution < 1.29 is 9.50 Å². The molecule has 2 aromatic heterocycles. The maximum Gasteiger partial charge on any atom is 0.229 e. The number of aliphatic hydroxyl groups excluding tert-OH is 1. The minimum absolute atomic E-state index is 0.0997. The van der Waals surface area contributed by atoms with Crippen molar-refractivity contribution >= 4 is 11.6 Å². The molecule has 3 heterocycles. The number of hydrogen-bond acceptors (Lipinski definition) is 6. The van der Waals surface area contributed by atoms with E-state index in [9.17, 15) is 9.50 Å². The first-order chi connectivity index (χ1) is 13.9. The van der Waals surface area contributed by atoms with Crippen molar-refractivity contribution in [3.8, 4) is 5.82 Å². The number of hydrogen-bond donors (Lipinski definition) is 2. The second kappa shape index (κ2) is 7.88. The fraction of sp³-hybridized carbons (Fsp3) is 0.381. The molecule has 152 valence electrons. The summed E-state index contributed by atoms with van der Waals surface area (Å²) >= 11 is 0. The molecule has 0 bridgehead atoms. The second-order valence-electron chi connectivity index (χ2n) is 7.73. The molecular weight excluding hydrogens is 371 g/mol. The molecule has 1 fully saturated rings. The summed E-state index contributed by atoms with van der Waals surface area (Å²) in [4.78, 5) is 10.6. The number of likely N-dealkylation sites (tertiary alicyclic amines) is 1. The number of β-amino-alcohol motifs (C(OH)–C–C–N with tert-alkyl or cyclic N) is 1. The van der Waals surface area contributed by atoms with Gasteiger partial charge in [-0.15, -0.1) is 0 Å². The third-order valence-electron chi connectivity index (χ3n) is 5.06. The summed E-state index contributed by atoms with van der Waals surface area (Å²) in [6.45, 7) is 8.09. The van der Waals surface area contributed by atoms with Gasteiger partial charge in [-0.2, -0.15) is 10.1 Å². The standard InChI is InChI=1S/C21H25FN6O/c1-13-6-14(2)8-17(7-13)24-21-23-9-19(22)20(25-21)28-11-16(15(3)26-28)10-27-5-4-18(29)12-27/h6-9,11,18,29H,4-5,10,12H2,1-3H3,(H,23,24,25). The predicted molar refractivity (Wildman–Crippen MR) is 109 cm³/mol. The molecule has 0 spiro atoms. The van der Waals surface area contributed by atoms with Crippen LogP contribution in [0.25, 0.3) is 5.82 Å². The van der Waals surface area contributed by atoms with E-state index in [1.807, 2.05) is 32.9 Å². The van der Waals surface area contributed by atoms with Gasteiger partial charge in [0, 0.05) is 37.1 Å². The van der Waals surface area contributed by atoms with Crippen LogP contribution in [0.5, 0.6) is 0 Å². The van der Waals surface area contributed by atoms with Gasteiger partial charge in [0.1, 0.15) is 0 Å². The smallest absolute Gasteiger partial charge is 0.229 e. The van der Waals surface area contributed by atoms with Crippen LogP contribution in [0.3, 0.4) is 0 Å². The summed E-state index contributed by atoms with van der Waals surface area (Å²) < 4.78 is 15.9. The zero-order valence-electron chi connectivity index (χ0n) is 16.9. The molecule has 7 nitrogen and oxygen atoms in total. The van der Waals surface area contributed by atoms with Crippen molar-refractivity contribution in [2.75, 3.05) is 18.4 Å². The maximum atomic E-state index is 14.5. The third-order valence-corrected chi connectivity index (χ3v) is 5.06. The molecule has 0 aliphatic carbocycles. The first-order valence-electron chi connectivity index (χ1n) is 9.71. The van der Waals surface area contributed by atoms with E-state index in [2.05, 4.69) is 31.3 Å². The second-order valence-corrected chi connectivity index (χ2v) is 7.73. The van der Waals surface area contributed by atoms with Crippen molar-refractivity contribution in [2.24, 2.45) is 0 Å². The summed E-state index contributed by atoms with van der Waals surface area (Å²) in [7, 11) is 0. The lowest BCUT2D eigenvalue weighted by Crippen LogP contribution is -2.21.